The van der Waals surface area contributed by atoms with Crippen molar-refractivity contribution in [3.05, 3.63) is 0 Å². The van der Waals surface area contributed by atoms with Crippen molar-refractivity contribution in [2.45, 2.75) is 0 Å². The summed E-state index contributed by atoms with van der Waals surface area (Å²) in [6.07, 6.45) is 0. The Morgan fingerprint density at radius 1 is 1.40 bits per heavy atom. The normalized spacial score (nSPS) is 5.20. The molecule has 4 heteroatoms. The van der Waals surface area contributed by atoms with Gasteiger partial charge in [0, 0.05) is 21.1 Å². The van der Waals surface area contributed by atoms with Crippen molar-refractivity contribution in [2.75, 3.05) is 0 Å². The fourth-order valence-electron chi connectivity index (χ4n) is 0. The van der Waals surface area contributed by atoms with Crippen LogP contribution in [0.25, 0.3) is 0 Å². The summed E-state index contributed by atoms with van der Waals surface area (Å²) in [5.41, 5.74) is 0. The molecule has 0 aromatic heterocycles. The van der Waals surface area contributed by atoms with Crippen molar-refractivity contribution in [3.8, 4) is 0 Å². The number of halogens is 2. The summed E-state index contributed by atoms with van der Waals surface area (Å²) in [7, 11) is 0. The van der Waals surface area contributed by atoms with E-state index >= 15 is 0 Å². The Morgan fingerprint density at radius 2 is 1.40 bits per heavy atom. The Kier molecular flexibility index (Phi) is 9.22. The topological polar surface area (TPSA) is 17.1 Å². The molecule has 0 spiro atoms. The minimum Gasteiger partial charge on any atom is -0.262 e. The quantitative estimate of drug-likeness (QED) is 0.620. The van der Waals surface area contributed by atoms with Gasteiger partial charge in [0.05, 0.1) is 0 Å². The number of rotatable bonds is 0. The van der Waals surface area contributed by atoms with Gasteiger partial charge in [-0.1, -0.05) is 0 Å². The van der Waals surface area contributed by atoms with Gasteiger partial charge in [0.2, 0.25) is 0 Å². The van der Waals surface area contributed by atoms with Crippen LogP contribution in [0.2, 0.25) is 0 Å². The largest absolute Gasteiger partial charge is 0.313 e. The monoisotopic (exact) mass is 293 g/mol. The van der Waals surface area contributed by atoms with E-state index < -0.39 is 4.70 Å². The Hall–Kier alpha value is 0.938. The first-order chi connectivity index (χ1) is 1.73. The molecule has 1 nitrogen and oxygen atoms in total. The van der Waals surface area contributed by atoms with E-state index in [1.54, 1.807) is 0 Å². The van der Waals surface area contributed by atoms with E-state index in [9.17, 15) is 0 Å². The molecule has 0 N–H and O–H groups in total. The molecule has 5 heavy (non-hydrogen) atoms. The van der Waals surface area contributed by atoms with Gasteiger partial charge in [0.25, 0.3) is 0 Å². The zero-order chi connectivity index (χ0) is 3.58. The second-order valence-corrected chi connectivity index (χ2v) is 1.11. The van der Waals surface area contributed by atoms with E-state index in [1.807, 2.05) is 0 Å². The molecule has 0 aromatic carbocycles. The van der Waals surface area contributed by atoms with Gasteiger partial charge in [0.1, 0.15) is 0 Å². The van der Waals surface area contributed by atoms with Gasteiger partial charge in [0.15, 0.2) is 0 Å². The molecule has 0 atom stereocenters. The third kappa shape index (κ3) is 48.4. The van der Waals surface area contributed by atoms with Crippen molar-refractivity contribution in [2.24, 2.45) is 0 Å². The Bertz CT molecular complexity index is 32.6. The first-order valence-electron chi connectivity index (χ1n) is 0.582. The first-order valence-corrected chi connectivity index (χ1v) is 1.34. The molecule has 0 fully saturated rings. The molecule has 0 rings (SSSR count). The van der Waals surface area contributed by atoms with E-state index in [0.29, 0.717) is 0 Å². The van der Waals surface area contributed by atoms with Crippen LogP contribution in [-0.4, -0.2) is 4.70 Å². The van der Waals surface area contributed by atoms with Gasteiger partial charge < -0.3 is 0 Å². The molecule has 0 aromatic rings. The third-order valence-electron chi connectivity index (χ3n) is 0. The van der Waals surface area contributed by atoms with Gasteiger partial charge in [-0.2, -0.15) is 0 Å². The molecule has 34 valence electrons. The summed E-state index contributed by atoms with van der Waals surface area (Å²) in [5.74, 6) is 0. The first kappa shape index (κ1) is 9.34. The molecule has 0 saturated heterocycles. The molecule has 0 saturated carbocycles. The molecule has 0 unspecified atom stereocenters. The van der Waals surface area contributed by atoms with Crippen molar-refractivity contribution < 1.29 is 25.9 Å². The van der Waals surface area contributed by atoms with E-state index in [1.165, 1.54) is 0 Å². The molecule has 0 aliphatic heterocycles. The number of hydrogen-bond donors (Lipinski definition) is 0. The molecule has 0 aliphatic carbocycles. The van der Waals surface area contributed by atoms with Crippen LogP contribution in [0.3, 0.4) is 0 Å². The third-order valence-corrected chi connectivity index (χ3v) is 0. The summed E-state index contributed by atoms with van der Waals surface area (Å²) < 4.78 is -0.889. The Labute approximate surface area is 53.9 Å². The van der Waals surface area contributed by atoms with E-state index in [-0.39, 0.29) is 21.1 Å². The maximum atomic E-state index is 8.98. The number of hydrogen-bond acceptors (Lipinski definition) is 1. The minimum atomic E-state index is -0.889. The average molecular weight is 294 g/mol. The molecule has 0 aliphatic rings. The second kappa shape index (κ2) is 4.94. The zero-order valence-corrected chi connectivity index (χ0v) is 5.76. The average Bonchev–Trinajstić information content (AvgIpc) is 0.811. The summed E-state index contributed by atoms with van der Waals surface area (Å²) in [6, 6.07) is 0. The second-order valence-electron chi connectivity index (χ2n) is 0.226. The zero-order valence-electron chi connectivity index (χ0n) is 1.98. The predicted molar refractivity (Wildman–Crippen MR) is 17.1 cm³/mol. The Morgan fingerprint density at radius 3 is 1.40 bits per heavy atom. The summed E-state index contributed by atoms with van der Waals surface area (Å²) in [5, 5.41) is 0. The van der Waals surface area contributed by atoms with Crippen LogP contribution in [0.15, 0.2) is 0 Å². The van der Waals surface area contributed by atoms with Crippen LogP contribution in [0.1, 0.15) is 0 Å². The van der Waals surface area contributed by atoms with Crippen LogP contribution >= 0.6 is 23.2 Å². The maximum absolute atomic E-state index is 8.98. The number of carbonyl (C=O) groups is 1. The standard InChI is InChI=1S/CCl2O.Pt/c2-1(3)4;. The molecular weight excluding hydrogens is 294 g/mol. The van der Waals surface area contributed by atoms with Gasteiger partial charge in [-0.15, -0.1) is 0 Å². The van der Waals surface area contributed by atoms with Gasteiger partial charge in [-0.3, -0.25) is 4.79 Å². The fourth-order valence-corrected chi connectivity index (χ4v) is 0. The van der Waals surface area contributed by atoms with Crippen molar-refractivity contribution in [1.29, 1.82) is 0 Å². The minimum absolute atomic E-state index is 0. The van der Waals surface area contributed by atoms with Gasteiger partial charge in [-0.25, -0.2) is 0 Å². The summed E-state index contributed by atoms with van der Waals surface area (Å²) >= 11 is 8.80. The van der Waals surface area contributed by atoms with Crippen molar-refractivity contribution in [3.63, 3.8) is 0 Å². The number of carbonyl (C=O) groups excluding carboxylic acids is 1. The molecular formula is CCl2OPt. The van der Waals surface area contributed by atoms with Crippen molar-refractivity contribution >= 4 is 27.9 Å². The fraction of sp³-hybridized carbons (Fsp3) is 0. The van der Waals surface area contributed by atoms with Gasteiger partial charge >= 0.3 is 4.70 Å². The van der Waals surface area contributed by atoms with Gasteiger partial charge in [-0.05, 0) is 23.2 Å². The SMILES string of the molecule is O=C(Cl)Cl.[Pt]. The molecule has 0 amide bonds. The van der Waals surface area contributed by atoms with Crippen LogP contribution in [0.4, 0.5) is 4.79 Å². The smallest absolute Gasteiger partial charge is 0.262 e. The Balaban J connectivity index is 0. The summed E-state index contributed by atoms with van der Waals surface area (Å²) in [6.45, 7) is 0. The van der Waals surface area contributed by atoms with Crippen LogP contribution in [0, 0.1) is 0 Å². The van der Waals surface area contributed by atoms with Crippen LogP contribution in [0.5, 0.6) is 0 Å². The van der Waals surface area contributed by atoms with E-state index in [4.69, 9.17) is 4.79 Å². The van der Waals surface area contributed by atoms with Crippen LogP contribution < -0.4 is 0 Å². The molecule has 0 bridgehead atoms. The molecule has 0 heterocycles. The van der Waals surface area contributed by atoms with E-state index in [2.05, 4.69) is 23.2 Å². The predicted octanol–water partition coefficient (Wildman–Crippen LogP) is 1.58. The summed E-state index contributed by atoms with van der Waals surface area (Å²) in [4.78, 5) is 8.98. The van der Waals surface area contributed by atoms with Crippen molar-refractivity contribution in [1.82, 2.24) is 0 Å². The van der Waals surface area contributed by atoms with Crippen LogP contribution in [-0.2, 0) is 21.1 Å². The van der Waals surface area contributed by atoms with E-state index in [0.717, 1.165) is 0 Å². The molecule has 0 radical (unpaired) electrons. The maximum Gasteiger partial charge on any atom is 0.313 e.